The van der Waals surface area contributed by atoms with Gasteiger partial charge in [-0.05, 0) is 36.2 Å². The molecule has 0 aromatic heterocycles. The quantitative estimate of drug-likeness (QED) is 0.690. The van der Waals surface area contributed by atoms with E-state index in [0.717, 1.165) is 6.42 Å². The van der Waals surface area contributed by atoms with E-state index in [0.29, 0.717) is 22.9 Å². The van der Waals surface area contributed by atoms with Crippen molar-refractivity contribution < 1.29 is 9.53 Å². The molecule has 1 aliphatic heterocycles. The Kier molecular flexibility index (Phi) is 4.08. The molecule has 2 aromatic carbocycles. The van der Waals surface area contributed by atoms with Crippen LogP contribution in [0.2, 0.25) is 5.02 Å². The summed E-state index contributed by atoms with van der Waals surface area (Å²) in [6.07, 6.45) is 0.927. The minimum absolute atomic E-state index is 0.274. The maximum atomic E-state index is 12.0. The van der Waals surface area contributed by atoms with E-state index >= 15 is 0 Å². The van der Waals surface area contributed by atoms with Crippen molar-refractivity contribution in [2.45, 2.75) is 16.6 Å². The number of anilines is 1. The van der Waals surface area contributed by atoms with Crippen LogP contribution in [0.3, 0.4) is 0 Å². The number of hydrogen-bond donors (Lipinski definition) is 1. The Labute approximate surface area is 132 Å². The SMILES string of the molecule is Nc1ccc(C(=O)OCC2Cc3ccccc3S2)cc1Cl. The van der Waals surface area contributed by atoms with Gasteiger partial charge in [0.15, 0.2) is 0 Å². The van der Waals surface area contributed by atoms with E-state index in [2.05, 4.69) is 12.1 Å². The first-order valence-electron chi connectivity index (χ1n) is 6.60. The molecule has 0 fully saturated rings. The van der Waals surface area contributed by atoms with E-state index in [9.17, 15) is 4.79 Å². The van der Waals surface area contributed by atoms with Crippen molar-refractivity contribution in [1.29, 1.82) is 0 Å². The highest BCUT2D eigenvalue weighted by Crippen LogP contribution is 2.36. The molecule has 1 atom stereocenters. The van der Waals surface area contributed by atoms with Gasteiger partial charge >= 0.3 is 5.97 Å². The number of nitrogen functional groups attached to an aromatic ring is 1. The molecule has 0 aliphatic carbocycles. The Bertz CT molecular complexity index is 665. The van der Waals surface area contributed by atoms with Crippen LogP contribution in [0.15, 0.2) is 47.4 Å². The molecule has 0 spiro atoms. The first-order chi connectivity index (χ1) is 10.1. The number of nitrogens with two attached hydrogens (primary N) is 1. The van der Waals surface area contributed by atoms with Crippen molar-refractivity contribution in [3.05, 3.63) is 58.6 Å². The number of hydrogen-bond acceptors (Lipinski definition) is 4. The molecule has 108 valence electrons. The zero-order chi connectivity index (χ0) is 14.8. The van der Waals surface area contributed by atoms with Crippen LogP contribution < -0.4 is 5.73 Å². The summed E-state index contributed by atoms with van der Waals surface area (Å²) < 4.78 is 5.38. The molecule has 5 heteroatoms. The smallest absolute Gasteiger partial charge is 0.338 e. The fourth-order valence-corrected chi connectivity index (χ4v) is 3.65. The fourth-order valence-electron chi connectivity index (χ4n) is 2.25. The zero-order valence-electron chi connectivity index (χ0n) is 11.2. The molecule has 1 aliphatic rings. The van der Waals surface area contributed by atoms with Crippen molar-refractivity contribution in [3.8, 4) is 0 Å². The molecule has 0 radical (unpaired) electrons. The minimum Gasteiger partial charge on any atom is -0.461 e. The highest BCUT2D eigenvalue weighted by atomic mass is 35.5. The summed E-state index contributed by atoms with van der Waals surface area (Å²) in [5, 5.41) is 0.641. The van der Waals surface area contributed by atoms with Gasteiger partial charge < -0.3 is 10.5 Å². The van der Waals surface area contributed by atoms with Gasteiger partial charge in [0.25, 0.3) is 0 Å². The van der Waals surface area contributed by atoms with E-state index in [4.69, 9.17) is 22.1 Å². The Morgan fingerprint density at radius 3 is 2.90 bits per heavy atom. The number of thioether (sulfide) groups is 1. The number of benzene rings is 2. The fraction of sp³-hybridized carbons (Fsp3) is 0.188. The first kappa shape index (κ1) is 14.3. The summed E-state index contributed by atoms with van der Waals surface area (Å²) in [6, 6.07) is 13.0. The standard InChI is InChI=1S/C16H14ClNO2S/c17-13-8-11(5-6-14(13)18)16(19)20-9-12-7-10-3-1-2-4-15(10)21-12/h1-6,8,12H,7,9,18H2. The molecule has 1 unspecified atom stereocenters. The second-order valence-electron chi connectivity index (χ2n) is 4.89. The number of carbonyl (C=O) groups is 1. The average molecular weight is 320 g/mol. The lowest BCUT2D eigenvalue weighted by atomic mass is 10.1. The van der Waals surface area contributed by atoms with Crippen molar-refractivity contribution in [2.24, 2.45) is 0 Å². The summed E-state index contributed by atoms with van der Waals surface area (Å²) in [6.45, 7) is 0.389. The highest BCUT2D eigenvalue weighted by Gasteiger charge is 2.23. The van der Waals surface area contributed by atoms with Gasteiger partial charge in [-0.15, -0.1) is 11.8 Å². The first-order valence-corrected chi connectivity index (χ1v) is 7.86. The second kappa shape index (κ2) is 6.00. The van der Waals surface area contributed by atoms with E-state index < -0.39 is 0 Å². The van der Waals surface area contributed by atoms with Crippen LogP contribution in [0, 0.1) is 0 Å². The van der Waals surface area contributed by atoms with Gasteiger partial charge in [-0.3, -0.25) is 0 Å². The van der Waals surface area contributed by atoms with Gasteiger partial charge in [-0.2, -0.15) is 0 Å². The molecule has 21 heavy (non-hydrogen) atoms. The predicted octanol–water partition coefficient (Wildman–Crippen LogP) is 3.80. The predicted molar refractivity (Wildman–Crippen MR) is 85.9 cm³/mol. The monoisotopic (exact) mass is 319 g/mol. The Morgan fingerprint density at radius 1 is 1.33 bits per heavy atom. The average Bonchev–Trinajstić information content (AvgIpc) is 2.90. The molecular formula is C16H14ClNO2S. The molecular weight excluding hydrogens is 306 g/mol. The van der Waals surface area contributed by atoms with Gasteiger partial charge in [0, 0.05) is 10.1 Å². The van der Waals surface area contributed by atoms with Crippen LogP contribution in [0.5, 0.6) is 0 Å². The lowest BCUT2D eigenvalue weighted by Gasteiger charge is -2.10. The molecule has 0 saturated heterocycles. The van der Waals surface area contributed by atoms with Gasteiger partial charge in [-0.1, -0.05) is 29.8 Å². The van der Waals surface area contributed by atoms with E-state index in [1.807, 2.05) is 12.1 Å². The number of fused-ring (bicyclic) bond motifs is 1. The summed E-state index contributed by atoms with van der Waals surface area (Å²) in [4.78, 5) is 13.3. The normalized spacial score (nSPS) is 16.5. The van der Waals surface area contributed by atoms with E-state index in [1.165, 1.54) is 16.5 Å². The van der Waals surface area contributed by atoms with E-state index in [1.54, 1.807) is 23.9 Å². The second-order valence-corrected chi connectivity index (χ2v) is 6.64. The summed E-state index contributed by atoms with van der Waals surface area (Å²) >= 11 is 7.66. The zero-order valence-corrected chi connectivity index (χ0v) is 12.8. The van der Waals surface area contributed by atoms with Crippen molar-refractivity contribution in [2.75, 3.05) is 12.3 Å². The topological polar surface area (TPSA) is 52.3 Å². The lowest BCUT2D eigenvalue weighted by Crippen LogP contribution is -2.15. The minimum atomic E-state index is -0.367. The van der Waals surface area contributed by atoms with Gasteiger partial charge in [-0.25, -0.2) is 4.79 Å². The molecule has 0 bridgehead atoms. The van der Waals surface area contributed by atoms with Gasteiger partial charge in [0.05, 0.1) is 16.3 Å². The van der Waals surface area contributed by atoms with Crippen molar-refractivity contribution in [3.63, 3.8) is 0 Å². The van der Waals surface area contributed by atoms with Crippen LogP contribution in [0.4, 0.5) is 5.69 Å². The number of ether oxygens (including phenoxy) is 1. The molecule has 3 rings (SSSR count). The number of rotatable bonds is 3. The van der Waals surface area contributed by atoms with Gasteiger partial charge in [0.2, 0.25) is 0 Å². The van der Waals surface area contributed by atoms with Crippen LogP contribution in [0.1, 0.15) is 15.9 Å². The summed E-state index contributed by atoms with van der Waals surface area (Å²) in [5.41, 5.74) is 7.82. The number of carbonyl (C=O) groups excluding carboxylic acids is 1. The number of esters is 1. The Hall–Kier alpha value is -1.65. The van der Waals surface area contributed by atoms with Gasteiger partial charge in [0.1, 0.15) is 6.61 Å². The molecule has 0 saturated carbocycles. The summed E-state index contributed by atoms with van der Waals surface area (Å²) in [7, 11) is 0. The third kappa shape index (κ3) is 3.17. The Morgan fingerprint density at radius 2 is 2.14 bits per heavy atom. The lowest BCUT2D eigenvalue weighted by molar-refractivity contribution is 0.0507. The largest absolute Gasteiger partial charge is 0.461 e. The third-order valence-electron chi connectivity index (χ3n) is 3.35. The van der Waals surface area contributed by atoms with Crippen molar-refractivity contribution >= 4 is 35.0 Å². The summed E-state index contributed by atoms with van der Waals surface area (Å²) in [5.74, 6) is -0.367. The maximum Gasteiger partial charge on any atom is 0.338 e. The van der Waals surface area contributed by atoms with E-state index in [-0.39, 0.29) is 11.2 Å². The van der Waals surface area contributed by atoms with Crippen LogP contribution >= 0.6 is 23.4 Å². The third-order valence-corrected chi connectivity index (χ3v) is 4.97. The molecule has 1 heterocycles. The van der Waals surface area contributed by atoms with Crippen LogP contribution in [-0.2, 0) is 11.2 Å². The Balaban J connectivity index is 1.59. The maximum absolute atomic E-state index is 12.0. The van der Waals surface area contributed by atoms with Crippen LogP contribution in [0.25, 0.3) is 0 Å². The molecule has 2 aromatic rings. The molecule has 3 nitrogen and oxygen atoms in total. The van der Waals surface area contributed by atoms with Crippen LogP contribution in [-0.4, -0.2) is 17.8 Å². The number of halogens is 1. The van der Waals surface area contributed by atoms with Crippen molar-refractivity contribution in [1.82, 2.24) is 0 Å². The molecule has 0 amide bonds. The highest BCUT2D eigenvalue weighted by molar-refractivity contribution is 8.00. The molecule has 2 N–H and O–H groups in total.